The molecule has 0 aliphatic heterocycles. The predicted molar refractivity (Wildman–Crippen MR) is 47.1 cm³/mol. The van der Waals surface area contributed by atoms with Gasteiger partial charge in [-0.05, 0) is 18.9 Å². The lowest BCUT2D eigenvalue weighted by Gasteiger charge is -2.09. The lowest BCUT2D eigenvalue weighted by atomic mass is 9.98. The normalized spacial score (nSPS) is 14.9. The van der Waals surface area contributed by atoms with Crippen molar-refractivity contribution in [3.05, 3.63) is 12.2 Å². The zero-order chi connectivity index (χ0) is 7.98. The van der Waals surface area contributed by atoms with Crippen molar-refractivity contribution in [2.45, 2.75) is 20.8 Å². The molecule has 0 saturated carbocycles. The molecule has 0 fully saturated rings. The van der Waals surface area contributed by atoms with Gasteiger partial charge >= 0.3 is 0 Å². The van der Waals surface area contributed by atoms with Gasteiger partial charge in [0.25, 0.3) is 0 Å². The quantitative estimate of drug-likeness (QED) is 0.591. The van der Waals surface area contributed by atoms with Crippen LogP contribution in [0.25, 0.3) is 0 Å². The van der Waals surface area contributed by atoms with Crippen molar-refractivity contribution in [1.82, 2.24) is 5.32 Å². The first-order chi connectivity index (χ1) is 4.68. The summed E-state index contributed by atoms with van der Waals surface area (Å²) in [5.41, 5.74) is 0. The second kappa shape index (κ2) is 5.48. The van der Waals surface area contributed by atoms with Crippen molar-refractivity contribution in [3.63, 3.8) is 0 Å². The maximum absolute atomic E-state index is 3.08. The summed E-state index contributed by atoms with van der Waals surface area (Å²) in [7, 11) is 1.96. The van der Waals surface area contributed by atoms with E-state index in [1.165, 1.54) is 0 Å². The van der Waals surface area contributed by atoms with Gasteiger partial charge in [-0.1, -0.05) is 32.9 Å². The number of rotatable bonds is 4. The maximum atomic E-state index is 3.08. The second-order valence-corrected chi connectivity index (χ2v) is 3.09. The Labute approximate surface area is 64.5 Å². The molecular weight excluding hydrogens is 122 g/mol. The Hall–Kier alpha value is -0.300. The molecule has 0 aromatic rings. The molecule has 1 N–H and O–H groups in total. The molecule has 0 aromatic heterocycles. The second-order valence-electron chi connectivity index (χ2n) is 3.09. The van der Waals surface area contributed by atoms with Crippen LogP contribution in [0.1, 0.15) is 20.8 Å². The van der Waals surface area contributed by atoms with Gasteiger partial charge in [-0.2, -0.15) is 0 Å². The molecule has 0 saturated heterocycles. The molecule has 0 spiro atoms. The summed E-state index contributed by atoms with van der Waals surface area (Å²) in [5, 5.41) is 3.08. The molecule has 0 heterocycles. The highest BCUT2D eigenvalue weighted by atomic mass is 14.8. The smallest absolute Gasteiger partial charge is 0.0131 e. The van der Waals surface area contributed by atoms with E-state index in [0.717, 1.165) is 12.5 Å². The van der Waals surface area contributed by atoms with Gasteiger partial charge in [0.15, 0.2) is 0 Å². The van der Waals surface area contributed by atoms with Crippen molar-refractivity contribution in [1.29, 1.82) is 0 Å². The molecule has 0 rings (SSSR count). The topological polar surface area (TPSA) is 12.0 Å². The van der Waals surface area contributed by atoms with Gasteiger partial charge in [0.05, 0.1) is 0 Å². The van der Waals surface area contributed by atoms with Crippen molar-refractivity contribution >= 4 is 0 Å². The molecule has 0 aliphatic carbocycles. The summed E-state index contributed by atoms with van der Waals surface area (Å²) >= 11 is 0. The minimum absolute atomic E-state index is 0.702. The third-order valence-corrected chi connectivity index (χ3v) is 1.81. The summed E-state index contributed by atoms with van der Waals surface area (Å²) in [6.45, 7) is 7.72. The van der Waals surface area contributed by atoms with Crippen molar-refractivity contribution < 1.29 is 0 Å². The molecule has 1 nitrogen and oxygen atoms in total. The van der Waals surface area contributed by atoms with Crippen LogP contribution >= 0.6 is 0 Å². The monoisotopic (exact) mass is 141 g/mol. The average molecular weight is 141 g/mol. The standard InChI is InChI=1S/C9H19N/c1-8(2)9(3)6-5-7-10-4/h5-6,8-10H,7H2,1-4H3/b6-5-. The zero-order valence-corrected chi connectivity index (χ0v) is 7.52. The number of likely N-dealkylation sites (N-methyl/N-ethyl adjacent to an activating group) is 1. The van der Waals surface area contributed by atoms with E-state index in [1.54, 1.807) is 0 Å². The first-order valence-electron chi connectivity index (χ1n) is 3.99. The van der Waals surface area contributed by atoms with Crippen LogP contribution in [0, 0.1) is 11.8 Å². The van der Waals surface area contributed by atoms with Gasteiger partial charge < -0.3 is 5.32 Å². The molecule has 1 atom stereocenters. The number of nitrogens with one attached hydrogen (secondary N) is 1. The van der Waals surface area contributed by atoms with Crippen LogP contribution in [-0.4, -0.2) is 13.6 Å². The van der Waals surface area contributed by atoms with Crippen molar-refractivity contribution in [2.24, 2.45) is 11.8 Å². The van der Waals surface area contributed by atoms with E-state index >= 15 is 0 Å². The van der Waals surface area contributed by atoms with E-state index < -0.39 is 0 Å². The first kappa shape index (κ1) is 9.70. The van der Waals surface area contributed by atoms with E-state index in [0.29, 0.717) is 5.92 Å². The fourth-order valence-electron chi connectivity index (χ4n) is 0.623. The van der Waals surface area contributed by atoms with Gasteiger partial charge in [-0.25, -0.2) is 0 Å². The third-order valence-electron chi connectivity index (χ3n) is 1.81. The Bertz CT molecular complexity index is 94.9. The van der Waals surface area contributed by atoms with Crippen molar-refractivity contribution in [3.8, 4) is 0 Å². The van der Waals surface area contributed by atoms with Crippen LogP contribution in [0.5, 0.6) is 0 Å². The molecule has 0 aliphatic rings. The van der Waals surface area contributed by atoms with E-state index in [1.807, 2.05) is 7.05 Å². The molecule has 0 bridgehead atoms. The summed E-state index contributed by atoms with van der Waals surface area (Å²) in [6, 6.07) is 0. The molecular formula is C9H19N. The summed E-state index contributed by atoms with van der Waals surface area (Å²) in [6.07, 6.45) is 4.45. The van der Waals surface area contributed by atoms with Gasteiger partial charge in [-0.15, -0.1) is 0 Å². The molecule has 1 heteroatoms. The third kappa shape index (κ3) is 4.57. The Kier molecular flexibility index (Phi) is 5.32. The largest absolute Gasteiger partial charge is 0.316 e. The zero-order valence-electron chi connectivity index (χ0n) is 7.52. The highest BCUT2D eigenvalue weighted by Gasteiger charge is 2.00. The van der Waals surface area contributed by atoms with Crippen molar-refractivity contribution in [2.75, 3.05) is 13.6 Å². The minimum Gasteiger partial charge on any atom is -0.316 e. The Morgan fingerprint density at radius 2 is 1.90 bits per heavy atom. The Morgan fingerprint density at radius 1 is 1.30 bits per heavy atom. The molecule has 1 unspecified atom stereocenters. The highest BCUT2D eigenvalue weighted by Crippen LogP contribution is 2.09. The summed E-state index contributed by atoms with van der Waals surface area (Å²) < 4.78 is 0. The van der Waals surface area contributed by atoms with E-state index in [-0.39, 0.29) is 0 Å². The minimum atomic E-state index is 0.702. The van der Waals surface area contributed by atoms with Crippen LogP contribution in [0.4, 0.5) is 0 Å². The first-order valence-corrected chi connectivity index (χ1v) is 3.99. The highest BCUT2D eigenvalue weighted by molar-refractivity contribution is 4.88. The van der Waals surface area contributed by atoms with Gasteiger partial charge in [0.1, 0.15) is 0 Å². The van der Waals surface area contributed by atoms with E-state index in [2.05, 4.69) is 38.2 Å². The molecule has 0 amide bonds. The predicted octanol–water partition coefficient (Wildman–Crippen LogP) is 2.05. The van der Waals surface area contributed by atoms with Crippen LogP contribution in [0.15, 0.2) is 12.2 Å². The fraction of sp³-hybridized carbons (Fsp3) is 0.778. The fourth-order valence-corrected chi connectivity index (χ4v) is 0.623. The lowest BCUT2D eigenvalue weighted by Crippen LogP contribution is -2.06. The summed E-state index contributed by atoms with van der Waals surface area (Å²) in [4.78, 5) is 0. The molecule has 10 heavy (non-hydrogen) atoms. The molecule has 0 aromatic carbocycles. The maximum Gasteiger partial charge on any atom is 0.0131 e. The van der Waals surface area contributed by atoms with Gasteiger partial charge in [0, 0.05) is 6.54 Å². The average Bonchev–Trinajstić information content (AvgIpc) is 1.88. The number of allylic oxidation sites excluding steroid dienone is 1. The van der Waals surface area contributed by atoms with Crippen LogP contribution in [0.2, 0.25) is 0 Å². The lowest BCUT2D eigenvalue weighted by molar-refractivity contribution is 0.503. The van der Waals surface area contributed by atoms with Gasteiger partial charge in [0.2, 0.25) is 0 Å². The van der Waals surface area contributed by atoms with Gasteiger partial charge in [-0.3, -0.25) is 0 Å². The Morgan fingerprint density at radius 3 is 2.30 bits per heavy atom. The molecule has 0 radical (unpaired) electrons. The SMILES string of the molecule is CNC/C=C\C(C)C(C)C. The number of hydrogen-bond donors (Lipinski definition) is 1. The van der Waals surface area contributed by atoms with Crippen LogP contribution in [0.3, 0.4) is 0 Å². The van der Waals surface area contributed by atoms with E-state index in [4.69, 9.17) is 0 Å². The molecule has 60 valence electrons. The van der Waals surface area contributed by atoms with E-state index in [9.17, 15) is 0 Å². The van der Waals surface area contributed by atoms with Crippen LogP contribution < -0.4 is 5.32 Å². The van der Waals surface area contributed by atoms with Crippen LogP contribution in [-0.2, 0) is 0 Å². The summed E-state index contributed by atoms with van der Waals surface area (Å²) in [5.74, 6) is 1.46. The number of hydrogen-bond acceptors (Lipinski definition) is 1. The Balaban J connectivity index is 3.45.